The number of amides is 1. The molecule has 1 aliphatic rings. The van der Waals surface area contributed by atoms with E-state index in [4.69, 9.17) is 0 Å². The molecule has 90 valence electrons. The van der Waals surface area contributed by atoms with E-state index in [1.165, 1.54) is 0 Å². The van der Waals surface area contributed by atoms with Gasteiger partial charge in [0.05, 0.1) is 11.1 Å². The van der Waals surface area contributed by atoms with Crippen molar-refractivity contribution in [2.45, 2.75) is 0 Å². The Balaban J connectivity index is 2.33. The summed E-state index contributed by atoms with van der Waals surface area (Å²) >= 11 is 0. The highest BCUT2D eigenvalue weighted by atomic mass is 16.2. The third-order valence-electron chi connectivity index (χ3n) is 2.93. The third-order valence-corrected chi connectivity index (χ3v) is 2.93. The number of nitrogens with zero attached hydrogens (tertiary/aromatic N) is 2. The summed E-state index contributed by atoms with van der Waals surface area (Å²) in [7, 11) is 3.81. The Morgan fingerprint density at radius 2 is 2.11 bits per heavy atom. The lowest BCUT2D eigenvalue weighted by Crippen LogP contribution is -2.08. The summed E-state index contributed by atoms with van der Waals surface area (Å²) in [6.45, 7) is 0. The molecule has 1 aromatic carbocycles. The molecule has 1 aromatic heterocycles. The lowest BCUT2D eigenvalue weighted by Gasteiger charge is -2.08. The van der Waals surface area contributed by atoms with E-state index in [0.29, 0.717) is 5.57 Å². The molecule has 0 bridgehead atoms. The Morgan fingerprint density at radius 3 is 2.89 bits per heavy atom. The van der Waals surface area contributed by atoms with Gasteiger partial charge in [-0.2, -0.15) is 0 Å². The van der Waals surface area contributed by atoms with Gasteiger partial charge in [0.1, 0.15) is 0 Å². The third kappa shape index (κ3) is 1.54. The number of nitrogens with one attached hydrogen (secondary N) is 1. The van der Waals surface area contributed by atoms with Crippen molar-refractivity contribution in [2.75, 3.05) is 19.4 Å². The first-order valence-electron chi connectivity index (χ1n) is 5.74. The van der Waals surface area contributed by atoms with Gasteiger partial charge in [0.15, 0.2) is 0 Å². The van der Waals surface area contributed by atoms with Crippen molar-refractivity contribution in [1.29, 1.82) is 0 Å². The lowest BCUT2D eigenvalue weighted by atomic mass is 10.0. The van der Waals surface area contributed by atoms with Crippen LogP contribution in [0.1, 0.15) is 5.56 Å². The van der Waals surface area contributed by atoms with Gasteiger partial charge < -0.3 is 10.2 Å². The first-order valence-corrected chi connectivity index (χ1v) is 5.74. The van der Waals surface area contributed by atoms with Crippen LogP contribution >= 0.6 is 0 Å². The first-order chi connectivity index (χ1) is 8.66. The summed E-state index contributed by atoms with van der Waals surface area (Å²) in [6, 6.07) is 7.70. The molecule has 0 aliphatic carbocycles. The number of aromatic nitrogens is 1. The van der Waals surface area contributed by atoms with Crippen molar-refractivity contribution < 1.29 is 4.79 Å². The molecule has 2 aromatic rings. The molecule has 1 N–H and O–H groups in total. The van der Waals surface area contributed by atoms with E-state index in [-0.39, 0.29) is 5.91 Å². The van der Waals surface area contributed by atoms with Crippen molar-refractivity contribution in [2.24, 2.45) is 0 Å². The van der Waals surface area contributed by atoms with Crippen LogP contribution in [0, 0.1) is 0 Å². The molecule has 0 atom stereocenters. The minimum atomic E-state index is -0.0601. The van der Waals surface area contributed by atoms with Gasteiger partial charge >= 0.3 is 0 Å². The van der Waals surface area contributed by atoms with Gasteiger partial charge in [-0.3, -0.25) is 9.78 Å². The predicted molar refractivity (Wildman–Crippen MR) is 72.0 cm³/mol. The normalized spacial score (nSPS) is 15.9. The van der Waals surface area contributed by atoms with Crippen molar-refractivity contribution in [3.63, 3.8) is 0 Å². The smallest absolute Gasteiger partial charge is 0.257 e. The molecule has 0 saturated heterocycles. The molecule has 4 heteroatoms. The summed E-state index contributed by atoms with van der Waals surface area (Å²) in [5.41, 5.74) is 3.39. The van der Waals surface area contributed by atoms with E-state index >= 15 is 0 Å². The molecule has 3 rings (SSSR count). The maximum Gasteiger partial charge on any atom is 0.257 e. The zero-order valence-electron chi connectivity index (χ0n) is 10.3. The number of pyridine rings is 1. The number of carbonyl (C=O) groups excluding carboxylic acids is 1. The van der Waals surface area contributed by atoms with Crippen LogP contribution in [0.15, 0.2) is 36.7 Å². The molecule has 0 radical (unpaired) electrons. The van der Waals surface area contributed by atoms with Crippen molar-refractivity contribution >= 4 is 28.1 Å². The molecule has 0 spiro atoms. The largest absolute Gasteiger partial charge is 0.383 e. The molecule has 2 heterocycles. The van der Waals surface area contributed by atoms with Crippen LogP contribution in [0.5, 0.6) is 0 Å². The van der Waals surface area contributed by atoms with Gasteiger partial charge in [0.25, 0.3) is 5.91 Å². The van der Waals surface area contributed by atoms with E-state index in [2.05, 4.69) is 10.3 Å². The highest BCUT2D eigenvalue weighted by Gasteiger charge is 2.26. The number of hydrogen-bond acceptors (Lipinski definition) is 3. The summed E-state index contributed by atoms with van der Waals surface area (Å²) in [6.07, 6.45) is 3.60. The van der Waals surface area contributed by atoms with Crippen molar-refractivity contribution in [3.05, 3.63) is 42.2 Å². The fourth-order valence-electron chi connectivity index (χ4n) is 2.23. The minimum Gasteiger partial charge on any atom is -0.383 e. The number of carbonyl (C=O) groups is 1. The van der Waals surface area contributed by atoms with E-state index in [1.54, 1.807) is 6.20 Å². The standard InChI is InChI=1S/C14H13N3O/c1-17(2)8-10-13-9-4-3-7-15-11(9)5-6-12(13)16-14(10)18/h3-8H,1-2H3,(H,16,18)/b10-8+. The zero-order chi connectivity index (χ0) is 12.7. The number of rotatable bonds is 1. The fraction of sp³-hybridized carbons (Fsp3) is 0.143. The van der Waals surface area contributed by atoms with Crippen molar-refractivity contribution in [3.8, 4) is 0 Å². The lowest BCUT2D eigenvalue weighted by molar-refractivity contribution is -0.110. The van der Waals surface area contributed by atoms with E-state index in [1.807, 2.05) is 49.5 Å². The molecular formula is C14H13N3O. The average molecular weight is 239 g/mol. The van der Waals surface area contributed by atoms with E-state index in [9.17, 15) is 4.79 Å². The van der Waals surface area contributed by atoms with Gasteiger partial charge in [0, 0.05) is 43.1 Å². The Kier molecular flexibility index (Phi) is 2.30. The van der Waals surface area contributed by atoms with Crippen LogP contribution < -0.4 is 5.32 Å². The second kappa shape index (κ2) is 3.84. The topological polar surface area (TPSA) is 45.2 Å². The summed E-state index contributed by atoms with van der Waals surface area (Å²) in [5.74, 6) is -0.0601. The van der Waals surface area contributed by atoms with Crippen LogP contribution in [0.3, 0.4) is 0 Å². The maximum atomic E-state index is 12.0. The maximum absolute atomic E-state index is 12.0. The van der Waals surface area contributed by atoms with Crippen LogP contribution in [0.2, 0.25) is 0 Å². The highest BCUT2D eigenvalue weighted by molar-refractivity contribution is 6.34. The van der Waals surface area contributed by atoms with Crippen LogP contribution in [-0.2, 0) is 4.79 Å². The Hall–Kier alpha value is -2.36. The second-order valence-electron chi connectivity index (χ2n) is 4.52. The second-order valence-corrected chi connectivity index (χ2v) is 4.52. The Labute approximate surface area is 105 Å². The number of anilines is 1. The molecule has 18 heavy (non-hydrogen) atoms. The fourth-order valence-corrected chi connectivity index (χ4v) is 2.23. The molecule has 1 aliphatic heterocycles. The number of hydrogen-bond donors (Lipinski definition) is 1. The quantitative estimate of drug-likeness (QED) is 0.775. The van der Waals surface area contributed by atoms with Gasteiger partial charge in [0.2, 0.25) is 0 Å². The number of benzene rings is 1. The van der Waals surface area contributed by atoms with E-state index in [0.717, 1.165) is 22.2 Å². The molecule has 4 nitrogen and oxygen atoms in total. The number of fused-ring (bicyclic) bond motifs is 3. The molecule has 0 unspecified atom stereocenters. The SMILES string of the molecule is CN(C)/C=C1/C(=O)Nc2ccc3ncccc3c21. The molecule has 0 saturated carbocycles. The molecular weight excluding hydrogens is 226 g/mol. The summed E-state index contributed by atoms with van der Waals surface area (Å²) < 4.78 is 0. The average Bonchev–Trinajstić information content (AvgIpc) is 2.66. The van der Waals surface area contributed by atoms with Crippen LogP contribution in [-0.4, -0.2) is 29.9 Å². The highest BCUT2D eigenvalue weighted by Crippen LogP contribution is 2.36. The van der Waals surface area contributed by atoms with Gasteiger partial charge in [-0.05, 0) is 18.2 Å². The Morgan fingerprint density at radius 1 is 1.28 bits per heavy atom. The molecule has 0 fully saturated rings. The monoisotopic (exact) mass is 239 g/mol. The minimum absolute atomic E-state index is 0.0601. The van der Waals surface area contributed by atoms with Gasteiger partial charge in [-0.25, -0.2) is 0 Å². The van der Waals surface area contributed by atoms with Gasteiger partial charge in [-0.15, -0.1) is 0 Å². The van der Waals surface area contributed by atoms with E-state index < -0.39 is 0 Å². The first kappa shape index (κ1) is 10.8. The summed E-state index contributed by atoms with van der Waals surface area (Å²) in [5, 5.41) is 3.88. The zero-order valence-corrected chi connectivity index (χ0v) is 10.3. The molecule has 1 amide bonds. The predicted octanol–water partition coefficient (Wildman–Crippen LogP) is 2.09. The van der Waals surface area contributed by atoms with Crippen molar-refractivity contribution in [1.82, 2.24) is 9.88 Å². The van der Waals surface area contributed by atoms with Crippen LogP contribution in [0.4, 0.5) is 5.69 Å². The Bertz CT molecular complexity index is 674. The van der Waals surface area contributed by atoms with Gasteiger partial charge in [-0.1, -0.05) is 6.07 Å². The summed E-state index contributed by atoms with van der Waals surface area (Å²) in [4.78, 5) is 18.2. The van der Waals surface area contributed by atoms with Crippen LogP contribution in [0.25, 0.3) is 16.5 Å².